The van der Waals surface area contributed by atoms with Gasteiger partial charge in [0, 0.05) is 6.07 Å². The van der Waals surface area contributed by atoms with Crippen LogP contribution in [0.15, 0.2) is 48.5 Å². The first-order chi connectivity index (χ1) is 11.5. The SMILES string of the molecule is O=C(NNc1ccccc1)NNc1ccc([N+](=O)[O-])cc1[N+](=O)[O-]. The Labute approximate surface area is 134 Å². The molecule has 0 spiro atoms. The van der Waals surface area contributed by atoms with E-state index in [0.29, 0.717) is 5.69 Å². The average Bonchev–Trinajstić information content (AvgIpc) is 2.58. The first-order valence-electron chi connectivity index (χ1n) is 6.53. The molecule has 2 aromatic carbocycles. The monoisotopic (exact) mass is 332 g/mol. The van der Waals surface area contributed by atoms with Gasteiger partial charge in [-0.2, -0.15) is 0 Å². The normalized spacial score (nSPS) is 9.67. The van der Waals surface area contributed by atoms with E-state index in [1.54, 1.807) is 30.3 Å². The number of amides is 2. The van der Waals surface area contributed by atoms with Crippen LogP contribution >= 0.6 is 0 Å². The quantitative estimate of drug-likeness (QED) is 0.467. The molecule has 0 saturated heterocycles. The van der Waals surface area contributed by atoms with Crippen molar-refractivity contribution in [1.29, 1.82) is 0 Å². The molecule has 124 valence electrons. The standard InChI is InChI=1S/C13H12N6O5/c20-13(16-14-9-4-2-1-3-5-9)17-15-11-7-6-10(18(21)22)8-12(11)19(23)24/h1-8,14-15H,(H2,16,17,20). The van der Waals surface area contributed by atoms with E-state index in [2.05, 4.69) is 21.7 Å². The van der Waals surface area contributed by atoms with Crippen molar-refractivity contribution in [1.82, 2.24) is 10.9 Å². The van der Waals surface area contributed by atoms with Crippen LogP contribution in [0.1, 0.15) is 0 Å². The van der Waals surface area contributed by atoms with Gasteiger partial charge in [-0.15, -0.1) is 0 Å². The Hall–Kier alpha value is -3.89. The van der Waals surface area contributed by atoms with Gasteiger partial charge in [-0.25, -0.2) is 10.2 Å². The average molecular weight is 332 g/mol. The third-order valence-corrected chi connectivity index (χ3v) is 2.79. The van der Waals surface area contributed by atoms with Crippen molar-refractivity contribution < 1.29 is 14.6 Å². The highest BCUT2D eigenvalue weighted by Crippen LogP contribution is 2.28. The molecule has 0 aliphatic heterocycles. The van der Waals surface area contributed by atoms with E-state index in [-0.39, 0.29) is 5.69 Å². The molecule has 0 aromatic heterocycles. The Balaban J connectivity index is 1.97. The maximum Gasteiger partial charge on any atom is 0.352 e. The molecule has 0 heterocycles. The lowest BCUT2D eigenvalue weighted by molar-refractivity contribution is -0.393. The Bertz CT molecular complexity index is 767. The fraction of sp³-hybridized carbons (Fsp3) is 0. The van der Waals surface area contributed by atoms with Crippen LogP contribution in [0.5, 0.6) is 0 Å². The number of carbonyl (C=O) groups is 1. The number of nitrogens with zero attached hydrogens (tertiary/aromatic N) is 2. The van der Waals surface area contributed by atoms with Crippen LogP contribution in [-0.4, -0.2) is 15.9 Å². The highest BCUT2D eigenvalue weighted by molar-refractivity contribution is 5.78. The number of anilines is 2. The number of benzene rings is 2. The van der Waals surface area contributed by atoms with Gasteiger partial charge in [0.2, 0.25) is 0 Å². The molecule has 2 rings (SSSR count). The van der Waals surface area contributed by atoms with Crippen molar-refractivity contribution in [3.63, 3.8) is 0 Å². The molecule has 0 unspecified atom stereocenters. The van der Waals surface area contributed by atoms with Crippen molar-refractivity contribution in [2.75, 3.05) is 10.9 Å². The molecule has 2 aromatic rings. The minimum Gasteiger partial charge on any atom is -0.297 e. The molecule has 11 nitrogen and oxygen atoms in total. The van der Waals surface area contributed by atoms with E-state index in [0.717, 1.165) is 18.2 Å². The molecule has 0 atom stereocenters. The van der Waals surface area contributed by atoms with E-state index in [1.807, 2.05) is 0 Å². The number of hydrogen-bond acceptors (Lipinski definition) is 7. The molecule has 0 aliphatic rings. The second kappa shape index (κ2) is 7.40. The highest BCUT2D eigenvalue weighted by atomic mass is 16.6. The Morgan fingerprint density at radius 1 is 0.875 bits per heavy atom. The predicted molar refractivity (Wildman–Crippen MR) is 85.1 cm³/mol. The van der Waals surface area contributed by atoms with E-state index in [1.165, 1.54) is 0 Å². The lowest BCUT2D eigenvalue weighted by atomic mass is 10.2. The van der Waals surface area contributed by atoms with E-state index >= 15 is 0 Å². The van der Waals surface area contributed by atoms with E-state index in [9.17, 15) is 25.0 Å². The largest absolute Gasteiger partial charge is 0.352 e. The third-order valence-electron chi connectivity index (χ3n) is 2.79. The molecule has 24 heavy (non-hydrogen) atoms. The fourth-order valence-electron chi connectivity index (χ4n) is 1.70. The molecule has 2 amide bonds. The summed E-state index contributed by atoms with van der Waals surface area (Å²) in [6.45, 7) is 0. The summed E-state index contributed by atoms with van der Waals surface area (Å²) in [5.41, 5.74) is 9.00. The second-order valence-corrected chi connectivity index (χ2v) is 4.41. The molecule has 0 aliphatic carbocycles. The summed E-state index contributed by atoms with van der Waals surface area (Å²) in [7, 11) is 0. The van der Waals surface area contributed by atoms with E-state index < -0.39 is 27.3 Å². The molecule has 0 bridgehead atoms. The second-order valence-electron chi connectivity index (χ2n) is 4.41. The fourth-order valence-corrected chi connectivity index (χ4v) is 1.70. The Morgan fingerprint density at radius 3 is 2.17 bits per heavy atom. The number of para-hydroxylation sites is 1. The zero-order valence-corrected chi connectivity index (χ0v) is 12.1. The summed E-state index contributed by atoms with van der Waals surface area (Å²) in [6, 6.07) is 11.1. The minimum absolute atomic E-state index is 0.0968. The van der Waals surface area contributed by atoms with Gasteiger partial charge in [0.25, 0.3) is 5.69 Å². The van der Waals surface area contributed by atoms with Gasteiger partial charge in [-0.05, 0) is 18.2 Å². The Kier molecular flexibility index (Phi) is 5.08. The van der Waals surface area contributed by atoms with Crippen LogP contribution in [0.2, 0.25) is 0 Å². The molecular formula is C13H12N6O5. The first kappa shape index (κ1) is 16.5. The molecule has 0 saturated carbocycles. The summed E-state index contributed by atoms with van der Waals surface area (Å²) >= 11 is 0. The summed E-state index contributed by atoms with van der Waals surface area (Å²) in [4.78, 5) is 31.7. The van der Waals surface area contributed by atoms with Gasteiger partial charge >= 0.3 is 11.7 Å². The van der Waals surface area contributed by atoms with Crippen LogP contribution in [0.3, 0.4) is 0 Å². The van der Waals surface area contributed by atoms with Crippen molar-refractivity contribution in [2.24, 2.45) is 0 Å². The van der Waals surface area contributed by atoms with Crippen LogP contribution in [0.4, 0.5) is 27.5 Å². The zero-order valence-electron chi connectivity index (χ0n) is 12.1. The number of carbonyl (C=O) groups excluding carboxylic acids is 1. The van der Waals surface area contributed by atoms with Gasteiger partial charge in [0.1, 0.15) is 5.69 Å². The lowest BCUT2D eigenvalue weighted by Gasteiger charge is -2.11. The summed E-state index contributed by atoms with van der Waals surface area (Å²) in [5.74, 6) is 0. The van der Waals surface area contributed by atoms with Crippen molar-refractivity contribution in [3.05, 3.63) is 68.8 Å². The minimum atomic E-state index is -0.795. The number of hydrazine groups is 2. The number of rotatable bonds is 6. The number of non-ortho nitro benzene ring substituents is 1. The van der Waals surface area contributed by atoms with Crippen molar-refractivity contribution >= 4 is 28.8 Å². The molecule has 0 fully saturated rings. The number of nitro benzene ring substituents is 2. The lowest BCUT2D eigenvalue weighted by Crippen LogP contribution is -2.41. The van der Waals surface area contributed by atoms with Gasteiger partial charge in [-0.1, -0.05) is 18.2 Å². The first-order valence-corrected chi connectivity index (χ1v) is 6.53. The molecule has 11 heteroatoms. The number of hydrogen-bond donors (Lipinski definition) is 4. The number of nitrogens with one attached hydrogen (secondary N) is 4. The number of nitro groups is 2. The smallest absolute Gasteiger partial charge is 0.297 e. The summed E-state index contributed by atoms with van der Waals surface area (Å²) < 4.78 is 0. The summed E-state index contributed by atoms with van der Waals surface area (Å²) in [6.07, 6.45) is 0. The third kappa shape index (κ3) is 4.30. The zero-order chi connectivity index (χ0) is 17.5. The number of urea groups is 1. The maximum absolute atomic E-state index is 11.6. The predicted octanol–water partition coefficient (Wildman–Crippen LogP) is 2.16. The van der Waals surface area contributed by atoms with Crippen LogP contribution in [0.25, 0.3) is 0 Å². The van der Waals surface area contributed by atoms with Gasteiger partial charge in [0.05, 0.1) is 21.6 Å². The maximum atomic E-state index is 11.6. The van der Waals surface area contributed by atoms with E-state index in [4.69, 9.17) is 0 Å². The van der Waals surface area contributed by atoms with Crippen LogP contribution in [-0.2, 0) is 0 Å². The van der Waals surface area contributed by atoms with Gasteiger partial charge in [-0.3, -0.25) is 36.5 Å². The topological polar surface area (TPSA) is 151 Å². The Morgan fingerprint density at radius 2 is 1.54 bits per heavy atom. The molecular weight excluding hydrogens is 320 g/mol. The van der Waals surface area contributed by atoms with Crippen LogP contribution < -0.4 is 21.7 Å². The van der Waals surface area contributed by atoms with Crippen molar-refractivity contribution in [3.8, 4) is 0 Å². The molecule has 4 N–H and O–H groups in total. The highest BCUT2D eigenvalue weighted by Gasteiger charge is 2.19. The van der Waals surface area contributed by atoms with Gasteiger partial charge < -0.3 is 0 Å². The van der Waals surface area contributed by atoms with Crippen molar-refractivity contribution in [2.45, 2.75) is 0 Å². The summed E-state index contributed by atoms with van der Waals surface area (Å²) in [5, 5.41) is 21.6. The van der Waals surface area contributed by atoms with Gasteiger partial charge in [0.15, 0.2) is 0 Å². The molecule has 0 radical (unpaired) electrons. The van der Waals surface area contributed by atoms with Crippen LogP contribution in [0, 0.1) is 20.2 Å².